The molecule has 11 heteroatoms. The summed E-state index contributed by atoms with van der Waals surface area (Å²) in [7, 11) is 1.41. The van der Waals surface area contributed by atoms with Crippen LogP contribution in [0.2, 0.25) is 0 Å². The fraction of sp³-hybridized carbons (Fsp3) is 0.0769. The van der Waals surface area contributed by atoms with Crippen LogP contribution in [-0.2, 0) is 0 Å². The van der Waals surface area contributed by atoms with Gasteiger partial charge in [0.1, 0.15) is 5.75 Å². The normalized spacial score (nSPS) is 10.5. The van der Waals surface area contributed by atoms with Crippen LogP contribution >= 0.6 is 0 Å². The summed E-state index contributed by atoms with van der Waals surface area (Å²) in [6.07, 6.45) is 0. The summed E-state index contributed by atoms with van der Waals surface area (Å²) in [5.74, 6) is 0.351. The molecule has 1 N–H and O–H groups in total. The minimum atomic E-state index is -0.607. The molecule has 3 rings (SSSR count). The summed E-state index contributed by atoms with van der Waals surface area (Å²) in [6.45, 7) is 0. The van der Waals surface area contributed by atoms with E-state index < -0.39 is 9.85 Å². The summed E-state index contributed by atoms with van der Waals surface area (Å²) < 4.78 is 9.72. The Morgan fingerprint density at radius 2 is 1.79 bits per heavy atom. The number of fused-ring (bicyclic) bond motifs is 1. The van der Waals surface area contributed by atoms with Crippen molar-refractivity contribution in [3.63, 3.8) is 0 Å². The van der Waals surface area contributed by atoms with Crippen LogP contribution in [-0.4, -0.2) is 27.3 Å². The summed E-state index contributed by atoms with van der Waals surface area (Å²) in [4.78, 5) is 20.7. The van der Waals surface area contributed by atoms with Gasteiger partial charge in [-0.2, -0.15) is 0 Å². The summed E-state index contributed by atoms with van der Waals surface area (Å²) in [6, 6.07) is 6.65. The maximum absolute atomic E-state index is 11.0. The highest BCUT2D eigenvalue weighted by Crippen LogP contribution is 2.35. The zero-order valence-corrected chi connectivity index (χ0v) is 12.1. The van der Waals surface area contributed by atoms with E-state index in [0.29, 0.717) is 17.1 Å². The lowest BCUT2D eigenvalue weighted by molar-refractivity contribution is -0.384. The maximum Gasteiger partial charge on any atom is 0.300 e. The van der Waals surface area contributed by atoms with Crippen molar-refractivity contribution in [1.29, 1.82) is 0 Å². The van der Waals surface area contributed by atoms with Crippen molar-refractivity contribution in [2.24, 2.45) is 0 Å². The molecule has 0 aliphatic carbocycles. The molecule has 0 aliphatic heterocycles. The number of ether oxygens (including phenoxy) is 1. The second-order valence-corrected chi connectivity index (χ2v) is 4.62. The third kappa shape index (κ3) is 2.54. The number of nitro groups is 2. The first-order valence-corrected chi connectivity index (χ1v) is 6.50. The van der Waals surface area contributed by atoms with Gasteiger partial charge in [-0.15, -0.1) is 0 Å². The van der Waals surface area contributed by atoms with Crippen LogP contribution in [0.5, 0.6) is 5.75 Å². The molecule has 0 saturated heterocycles. The molecule has 24 heavy (non-hydrogen) atoms. The SMILES string of the molecule is COc1ccc([N+](=O)[O-])cc1Nc1ccc([N+](=O)[O-])c2nonc12. The number of methoxy groups -OCH3 is 1. The van der Waals surface area contributed by atoms with E-state index in [2.05, 4.69) is 20.3 Å². The number of nitro benzene ring substituents is 2. The molecule has 1 heterocycles. The van der Waals surface area contributed by atoms with Gasteiger partial charge in [0.2, 0.25) is 5.52 Å². The van der Waals surface area contributed by atoms with E-state index in [9.17, 15) is 20.2 Å². The number of hydrogen-bond acceptors (Lipinski definition) is 9. The van der Waals surface area contributed by atoms with E-state index in [4.69, 9.17) is 4.74 Å². The number of nitrogens with zero attached hydrogens (tertiary/aromatic N) is 4. The van der Waals surface area contributed by atoms with Gasteiger partial charge in [0, 0.05) is 18.2 Å². The standard InChI is InChI=1S/C13H9N5O6/c1-23-11-5-2-7(17(19)20)6-9(11)14-8-3-4-10(18(21)22)13-12(8)15-24-16-13/h2-6,14H,1H3. The van der Waals surface area contributed by atoms with Crippen molar-refractivity contribution >= 4 is 33.8 Å². The van der Waals surface area contributed by atoms with E-state index in [1.54, 1.807) is 0 Å². The lowest BCUT2D eigenvalue weighted by Gasteiger charge is -2.11. The zero-order valence-electron chi connectivity index (χ0n) is 12.1. The molecule has 0 aliphatic rings. The Bertz CT molecular complexity index is 953. The first-order chi connectivity index (χ1) is 11.5. The van der Waals surface area contributed by atoms with E-state index in [1.807, 2.05) is 0 Å². The van der Waals surface area contributed by atoms with E-state index in [-0.39, 0.29) is 22.4 Å². The molecule has 122 valence electrons. The number of benzene rings is 2. The highest BCUT2D eigenvalue weighted by molar-refractivity contribution is 5.95. The van der Waals surface area contributed by atoms with Gasteiger partial charge in [0.05, 0.1) is 28.3 Å². The lowest BCUT2D eigenvalue weighted by Crippen LogP contribution is -1.98. The number of nitrogens with one attached hydrogen (secondary N) is 1. The quantitative estimate of drug-likeness (QED) is 0.550. The molecule has 0 amide bonds. The van der Waals surface area contributed by atoms with Crippen LogP contribution in [0.3, 0.4) is 0 Å². The summed E-state index contributed by atoms with van der Waals surface area (Å²) in [5, 5.41) is 32.0. The smallest absolute Gasteiger partial charge is 0.300 e. The van der Waals surface area contributed by atoms with Crippen molar-refractivity contribution in [2.45, 2.75) is 0 Å². The molecule has 0 spiro atoms. The van der Waals surface area contributed by atoms with Crippen LogP contribution in [0.15, 0.2) is 35.0 Å². The molecule has 3 aromatic rings. The van der Waals surface area contributed by atoms with Gasteiger partial charge in [0.25, 0.3) is 5.69 Å². The monoisotopic (exact) mass is 331 g/mol. The molecule has 2 aromatic carbocycles. The van der Waals surface area contributed by atoms with Crippen molar-refractivity contribution in [3.05, 3.63) is 50.6 Å². The molecule has 0 unspecified atom stereocenters. The predicted octanol–water partition coefficient (Wildman–Crippen LogP) is 2.79. The van der Waals surface area contributed by atoms with Crippen LogP contribution in [0.4, 0.5) is 22.7 Å². The average molecular weight is 331 g/mol. The first-order valence-electron chi connectivity index (χ1n) is 6.50. The molecular weight excluding hydrogens is 322 g/mol. The van der Waals surface area contributed by atoms with E-state index in [1.165, 1.54) is 37.4 Å². The fourth-order valence-corrected chi connectivity index (χ4v) is 2.15. The second kappa shape index (κ2) is 5.79. The third-order valence-electron chi connectivity index (χ3n) is 3.25. The Morgan fingerprint density at radius 3 is 2.46 bits per heavy atom. The Kier molecular flexibility index (Phi) is 3.66. The predicted molar refractivity (Wildman–Crippen MR) is 81.4 cm³/mol. The number of rotatable bonds is 5. The molecular formula is C13H9N5O6. The van der Waals surface area contributed by atoms with E-state index >= 15 is 0 Å². The highest BCUT2D eigenvalue weighted by Gasteiger charge is 2.21. The van der Waals surface area contributed by atoms with Gasteiger partial charge in [-0.1, -0.05) is 0 Å². The topological polar surface area (TPSA) is 146 Å². The molecule has 1 aromatic heterocycles. The summed E-state index contributed by atoms with van der Waals surface area (Å²) in [5.41, 5.74) is 0.310. The van der Waals surface area contributed by atoms with Gasteiger partial charge < -0.3 is 10.1 Å². The van der Waals surface area contributed by atoms with E-state index in [0.717, 1.165) is 0 Å². The molecule has 0 fully saturated rings. The molecule has 0 atom stereocenters. The van der Waals surface area contributed by atoms with Gasteiger partial charge in [0.15, 0.2) is 5.52 Å². The minimum absolute atomic E-state index is 0.0330. The maximum atomic E-state index is 11.0. The molecule has 11 nitrogen and oxygen atoms in total. The number of anilines is 2. The van der Waals surface area contributed by atoms with Gasteiger partial charge in [-0.05, 0) is 22.4 Å². The fourth-order valence-electron chi connectivity index (χ4n) is 2.15. The van der Waals surface area contributed by atoms with Crippen molar-refractivity contribution < 1.29 is 19.2 Å². The Balaban J connectivity index is 2.09. The van der Waals surface area contributed by atoms with Gasteiger partial charge in [-0.25, -0.2) is 4.63 Å². The highest BCUT2D eigenvalue weighted by atomic mass is 16.6. The Labute approximate surface area is 133 Å². The Hall–Kier alpha value is -3.76. The zero-order chi connectivity index (χ0) is 17.3. The lowest BCUT2D eigenvalue weighted by atomic mass is 10.2. The van der Waals surface area contributed by atoms with Crippen molar-refractivity contribution in [1.82, 2.24) is 10.3 Å². The largest absolute Gasteiger partial charge is 0.495 e. The average Bonchev–Trinajstić information content (AvgIpc) is 3.04. The molecule has 0 radical (unpaired) electrons. The molecule has 0 saturated carbocycles. The van der Waals surface area contributed by atoms with Crippen LogP contribution in [0.1, 0.15) is 0 Å². The van der Waals surface area contributed by atoms with Crippen LogP contribution in [0, 0.1) is 20.2 Å². The minimum Gasteiger partial charge on any atom is -0.495 e. The van der Waals surface area contributed by atoms with Crippen LogP contribution in [0.25, 0.3) is 11.0 Å². The number of hydrogen-bond donors (Lipinski definition) is 1. The molecule has 0 bridgehead atoms. The third-order valence-corrected chi connectivity index (χ3v) is 3.25. The van der Waals surface area contributed by atoms with Gasteiger partial charge >= 0.3 is 5.69 Å². The number of aromatic nitrogens is 2. The Morgan fingerprint density at radius 1 is 1.04 bits per heavy atom. The van der Waals surface area contributed by atoms with Crippen LogP contribution < -0.4 is 10.1 Å². The van der Waals surface area contributed by atoms with Gasteiger partial charge in [-0.3, -0.25) is 20.2 Å². The second-order valence-electron chi connectivity index (χ2n) is 4.62. The number of non-ortho nitro benzene ring substituents is 2. The summed E-state index contributed by atoms with van der Waals surface area (Å²) >= 11 is 0. The van der Waals surface area contributed by atoms with Crippen molar-refractivity contribution in [2.75, 3.05) is 12.4 Å². The first kappa shape index (κ1) is 15.1. The van der Waals surface area contributed by atoms with Crippen molar-refractivity contribution in [3.8, 4) is 5.75 Å².